The summed E-state index contributed by atoms with van der Waals surface area (Å²) in [6, 6.07) is 25.4. The van der Waals surface area contributed by atoms with Crippen LogP contribution in [0.4, 0.5) is 0 Å². The maximum absolute atomic E-state index is 13.8. The molecule has 0 fully saturated rings. The number of benzene rings is 3. The van der Waals surface area contributed by atoms with Crippen molar-refractivity contribution in [1.82, 2.24) is 19.7 Å². The first-order valence-corrected chi connectivity index (χ1v) is 12.6. The van der Waals surface area contributed by atoms with E-state index in [0.717, 1.165) is 40.8 Å². The summed E-state index contributed by atoms with van der Waals surface area (Å²) in [7, 11) is 1.54. The topological polar surface area (TPSA) is 103 Å². The molecule has 9 heteroatoms. The Morgan fingerprint density at radius 2 is 1.62 bits per heavy atom. The number of nitrogens with zero attached hydrogens (tertiary/aromatic N) is 3. The van der Waals surface area contributed by atoms with Gasteiger partial charge >= 0.3 is 11.8 Å². The van der Waals surface area contributed by atoms with E-state index in [-0.39, 0.29) is 28.6 Å². The smallest absolute Gasteiger partial charge is 0.439 e. The summed E-state index contributed by atoms with van der Waals surface area (Å²) in [4.78, 5) is 32.7. The number of aryl methyl sites for hydroxylation is 1. The van der Waals surface area contributed by atoms with Crippen LogP contribution in [0.3, 0.4) is 0 Å². The largest absolute Gasteiger partial charge is 0.468 e. The van der Waals surface area contributed by atoms with E-state index in [1.54, 1.807) is 0 Å². The van der Waals surface area contributed by atoms with Crippen LogP contribution < -0.4 is 16.1 Å². The maximum Gasteiger partial charge on any atom is 0.439 e. The molecule has 0 saturated heterocycles. The summed E-state index contributed by atoms with van der Waals surface area (Å²) in [5.41, 5.74) is 5.63. The van der Waals surface area contributed by atoms with Gasteiger partial charge in [0.1, 0.15) is 0 Å². The molecule has 0 aliphatic carbocycles. The van der Waals surface area contributed by atoms with Gasteiger partial charge in [-0.2, -0.15) is 0 Å². The lowest BCUT2D eigenvalue weighted by atomic mass is 9.96. The lowest BCUT2D eigenvalue weighted by Gasteiger charge is -2.16. The maximum atomic E-state index is 13.8. The van der Waals surface area contributed by atoms with E-state index >= 15 is 0 Å². The standard InChI is InChI=1S/C30H28N4O4.BrH/c1-3-4-14-26-25(28(35)34(29(31-26)37-2)22-10-6-5-7-11-22)19-20-15-17-21(18-16-20)23-12-8-9-13-24(23)27-32-30(36)38-33-27;/h5-13,15-18H,3-4,14,19H2,1-2H3,(H,32,33,36);1H. The van der Waals surface area contributed by atoms with Crippen molar-refractivity contribution in [1.29, 1.82) is 0 Å². The second kappa shape index (κ2) is 12.5. The number of hydrogen-bond acceptors (Lipinski definition) is 6. The lowest BCUT2D eigenvalue weighted by Crippen LogP contribution is -2.27. The van der Waals surface area contributed by atoms with Crippen LogP contribution >= 0.6 is 17.0 Å². The molecule has 0 aliphatic rings. The van der Waals surface area contributed by atoms with Crippen LogP contribution in [0.25, 0.3) is 28.2 Å². The summed E-state index contributed by atoms with van der Waals surface area (Å²) in [6.07, 6.45) is 3.07. The van der Waals surface area contributed by atoms with Gasteiger partial charge < -0.3 is 4.74 Å². The van der Waals surface area contributed by atoms with E-state index in [1.807, 2.05) is 78.9 Å². The molecular formula is C30H29BrN4O4. The molecule has 200 valence electrons. The van der Waals surface area contributed by atoms with E-state index in [0.29, 0.717) is 29.9 Å². The van der Waals surface area contributed by atoms with Crippen LogP contribution in [-0.2, 0) is 12.8 Å². The first-order chi connectivity index (χ1) is 18.6. The van der Waals surface area contributed by atoms with Gasteiger partial charge in [0.05, 0.1) is 18.5 Å². The predicted molar refractivity (Wildman–Crippen MR) is 156 cm³/mol. The molecule has 0 spiro atoms. The van der Waals surface area contributed by atoms with Crippen LogP contribution in [0.1, 0.15) is 36.6 Å². The summed E-state index contributed by atoms with van der Waals surface area (Å²) >= 11 is 0. The predicted octanol–water partition coefficient (Wildman–Crippen LogP) is 5.76. The quantitative estimate of drug-likeness (QED) is 0.235. The number of aromatic amines is 1. The average Bonchev–Trinajstić information content (AvgIpc) is 3.40. The fourth-order valence-electron chi connectivity index (χ4n) is 4.54. The molecular weight excluding hydrogens is 560 g/mol. The third kappa shape index (κ3) is 5.93. The number of rotatable bonds is 9. The molecule has 39 heavy (non-hydrogen) atoms. The molecule has 0 amide bonds. The second-order valence-electron chi connectivity index (χ2n) is 8.97. The zero-order chi connectivity index (χ0) is 26.5. The van der Waals surface area contributed by atoms with E-state index in [9.17, 15) is 9.59 Å². The van der Waals surface area contributed by atoms with E-state index in [1.165, 1.54) is 11.7 Å². The fourth-order valence-corrected chi connectivity index (χ4v) is 4.54. The number of halogens is 1. The Morgan fingerprint density at radius 3 is 2.26 bits per heavy atom. The van der Waals surface area contributed by atoms with E-state index in [4.69, 9.17) is 14.2 Å². The monoisotopic (exact) mass is 588 g/mol. The molecule has 0 bridgehead atoms. The molecule has 2 heterocycles. The van der Waals surface area contributed by atoms with Crippen LogP contribution in [0.5, 0.6) is 6.01 Å². The number of aromatic nitrogens is 4. The summed E-state index contributed by atoms with van der Waals surface area (Å²) < 4.78 is 11.8. The van der Waals surface area contributed by atoms with Crippen molar-refractivity contribution in [3.05, 3.63) is 117 Å². The second-order valence-corrected chi connectivity index (χ2v) is 8.97. The first-order valence-electron chi connectivity index (χ1n) is 12.6. The van der Waals surface area contributed by atoms with Gasteiger partial charge in [0, 0.05) is 17.5 Å². The van der Waals surface area contributed by atoms with Gasteiger partial charge in [-0.05, 0) is 41.7 Å². The minimum Gasteiger partial charge on any atom is -0.468 e. The minimum absolute atomic E-state index is 0. The summed E-state index contributed by atoms with van der Waals surface area (Å²) in [5.74, 6) is -0.223. The van der Waals surface area contributed by atoms with Crippen molar-refractivity contribution < 1.29 is 9.26 Å². The number of H-pyrrole nitrogens is 1. The number of hydrogen-bond donors (Lipinski definition) is 1. The summed E-state index contributed by atoms with van der Waals surface area (Å²) in [6.45, 7) is 2.12. The lowest BCUT2D eigenvalue weighted by molar-refractivity contribution is 0.362. The van der Waals surface area contributed by atoms with Crippen molar-refractivity contribution in [3.8, 4) is 34.2 Å². The van der Waals surface area contributed by atoms with Crippen LogP contribution in [-0.4, -0.2) is 26.8 Å². The van der Waals surface area contributed by atoms with Crippen molar-refractivity contribution in [2.24, 2.45) is 0 Å². The Bertz CT molecular complexity index is 1660. The third-order valence-electron chi connectivity index (χ3n) is 6.46. The Balaban J connectivity index is 0.00000353. The van der Waals surface area contributed by atoms with Gasteiger partial charge in [-0.15, -0.1) is 17.0 Å². The normalized spacial score (nSPS) is 10.7. The molecule has 5 rings (SSSR count). The SMILES string of the molecule is Br.CCCCc1nc(OC)n(-c2ccccc2)c(=O)c1Cc1ccc(-c2ccccc2-c2noc(=O)[nH]2)cc1. The zero-order valence-corrected chi connectivity index (χ0v) is 23.4. The highest BCUT2D eigenvalue weighted by molar-refractivity contribution is 8.93. The van der Waals surface area contributed by atoms with Crippen LogP contribution in [0.15, 0.2) is 93.0 Å². The van der Waals surface area contributed by atoms with Gasteiger partial charge in [-0.25, -0.2) is 14.3 Å². The Morgan fingerprint density at radius 1 is 0.923 bits per heavy atom. The number of methoxy groups -OCH3 is 1. The van der Waals surface area contributed by atoms with Crippen molar-refractivity contribution >= 4 is 17.0 Å². The van der Waals surface area contributed by atoms with Gasteiger partial charge in [0.15, 0.2) is 5.82 Å². The third-order valence-corrected chi connectivity index (χ3v) is 6.46. The Labute approximate surface area is 236 Å². The number of unbranched alkanes of at least 4 members (excludes halogenated alkanes) is 1. The molecule has 2 aromatic heterocycles. The van der Waals surface area contributed by atoms with E-state index in [2.05, 4.69) is 17.1 Å². The first kappa shape index (κ1) is 27.8. The van der Waals surface area contributed by atoms with Gasteiger partial charge in [-0.1, -0.05) is 85.2 Å². The van der Waals surface area contributed by atoms with Crippen molar-refractivity contribution in [2.75, 3.05) is 7.11 Å². The molecule has 5 aromatic rings. The Kier molecular flexibility index (Phi) is 8.93. The summed E-state index contributed by atoms with van der Waals surface area (Å²) in [5, 5.41) is 3.84. The van der Waals surface area contributed by atoms with Crippen molar-refractivity contribution in [2.45, 2.75) is 32.6 Å². The molecule has 8 nitrogen and oxygen atoms in total. The Hall–Kier alpha value is -4.24. The van der Waals surface area contributed by atoms with Gasteiger partial charge in [0.25, 0.3) is 5.56 Å². The highest BCUT2D eigenvalue weighted by atomic mass is 79.9. The van der Waals surface area contributed by atoms with E-state index < -0.39 is 5.76 Å². The average molecular weight is 589 g/mol. The highest BCUT2D eigenvalue weighted by Gasteiger charge is 2.19. The number of ether oxygens (including phenoxy) is 1. The molecule has 0 aliphatic heterocycles. The molecule has 0 saturated carbocycles. The molecule has 0 atom stereocenters. The van der Waals surface area contributed by atoms with Crippen molar-refractivity contribution in [3.63, 3.8) is 0 Å². The minimum atomic E-state index is -0.599. The van der Waals surface area contributed by atoms with Gasteiger partial charge in [0.2, 0.25) is 0 Å². The van der Waals surface area contributed by atoms with Gasteiger partial charge in [-0.3, -0.25) is 14.3 Å². The van der Waals surface area contributed by atoms with Crippen LogP contribution in [0, 0.1) is 0 Å². The number of para-hydroxylation sites is 1. The highest BCUT2D eigenvalue weighted by Crippen LogP contribution is 2.30. The molecule has 0 unspecified atom stereocenters. The molecule has 3 aromatic carbocycles. The number of nitrogens with one attached hydrogen (secondary N) is 1. The molecule has 0 radical (unpaired) electrons. The molecule has 1 N–H and O–H groups in total. The fraction of sp³-hybridized carbons (Fsp3) is 0.200. The van der Waals surface area contributed by atoms with Crippen LogP contribution in [0.2, 0.25) is 0 Å². The zero-order valence-electron chi connectivity index (χ0n) is 21.7.